The minimum Gasteiger partial charge on any atom is -0.313 e. The third-order valence-corrected chi connectivity index (χ3v) is 3.99. The Balaban J connectivity index is 2.36. The summed E-state index contributed by atoms with van der Waals surface area (Å²) in [4.78, 5) is 0. The van der Waals surface area contributed by atoms with Gasteiger partial charge in [-0.15, -0.1) is 0 Å². The molecule has 1 aliphatic carbocycles. The van der Waals surface area contributed by atoms with Crippen molar-refractivity contribution < 1.29 is 8.78 Å². The normalized spacial score (nSPS) is 18.6. The summed E-state index contributed by atoms with van der Waals surface area (Å²) in [6, 6.07) is 2.45. The van der Waals surface area contributed by atoms with Crippen molar-refractivity contribution in [2.45, 2.75) is 31.7 Å². The quantitative estimate of drug-likeness (QED) is 0.883. The average Bonchev–Trinajstić information content (AvgIpc) is 2.76. The maximum Gasteiger partial charge on any atom is 0.132 e. The molecule has 1 aliphatic rings. The van der Waals surface area contributed by atoms with E-state index in [2.05, 4.69) is 21.2 Å². The van der Waals surface area contributed by atoms with Crippen LogP contribution < -0.4 is 5.32 Å². The van der Waals surface area contributed by atoms with Gasteiger partial charge in [0.1, 0.15) is 11.6 Å². The molecule has 1 atom stereocenters. The molecule has 1 aromatic carbocycles. The van der Waals surface area contributed by atoms with E-state index in [0.717, 1.165) is 25.7 Å². The van der Waals surface area contributed by atoms with E-state index in [4.69, 9.17) is 0 Å². The molecule has 2 rings (SSSR count). The third kappa shape index (κ3) is 2.68. The zero-order valence-corrected chi connectivity index (χ0v) is 11.4. The number of benzene rings is 1. The summed E-state index contributed by atoms with van der Waals surface area (Å²) < 4.78 is 28.2. The Hall–Kier alpha value is -0.480. The molecule has 0 heterocycles. The fraction of sp³-hybridized carbons (Fsp3) is 0.538. The molecule has 1 unspecified atom stereocenters. The molecule has 0 aliphatic heterocycles. The highest BCUT2D eigenvalue weighted by Crippen LogP contribution is 2.37. The molecular weight excluding hydrogens is 288 g/mol. The Labute approximate surface area is 109 Å². The van der Waals surface area contributed by atoms with E-state index in [9.17, 15) is 8.78 Å². The van der Waals surface area contributed by atoms with Crippen molar-refractivity contribution in [3.63, 3.8) is 0 Å². The number of nitrogens with one attached hydrogen (secondary N) is 1. The lowest BCUT2D eigenvalue weighted by Gasteiger charge is -2.24. The van der Waals surface area contributed by atoms with Crippen LogP contribution in [-0.4, -0.2) is 7.05 Å². The van der Waals surface area contributed by atoms with Gasteiger partial charge in [0.2, 0.25) is 0 Å². The van der Waals surface area contributed by atoms with E-state index in [1.165, 1.54) is 12.1 Å². The zero-order chi connectivity index (χ0) is 12.4. The molecule has 0 saturated heterocycles. The van der Waals surface area contributed by atoms with Gasteiger partial charge in [-0.2, -0.15) is 0 Å². The van der Waals surface area contributed by atoms with Crippen LogP contribution in [0.15, 0.2) is 16.6 Å². The van der Waals surface area contributed by atoms with Crippen molar-refractivity contribution in [2.24, 2.45) is 5.92 Å². The fourth-order valence-corrected chi connectivity index (χ4v) is 3.16. The zero-order valence-electron chi connectivity index (χ0n) is 9.77. The molecule has 0 spiro atoms. The van der Waals surface area contributed by atoms with Crippen LogP contribution >= 0.6 is 15.9 Å². The second-order valence-electron chi connectivity index (χ2n) is 4.59. The van der Waals surface area contributed by atoms with Crippen LogP contribution in [0.1, 0.15) is 37.3 Å². The Bertz CT molecular complexity index is 379. The molecular formula is C13H16BrF2N. The van der Waals surface area contributed by atoms with E-state index in [1.807, 2.05) is 0 Å². The van der Waals surface area contributed by atoms with Gasteiger partial charge >= 0.3 is 0 Å². The maximum atomic E-state index is 13.9. The van der Waals surface area contributed by atoms with Gasteiger partial charge in [-0.1, -0.05) is 28.8 Å². The third-order valence-electron chi connectivity index (χ3n) is 3.54. The monoisotopic (exact) mass is 303 g/mol. The smallest absolute Gasteiger partial charge is 0.132 e. The lowest BCUT2D eigenvalue weighted by molar-refractivity contribution is 0.363. The highest BCUT2D eigenvalue weighted by molar-refractivity contribution is 9.10. The summed E-state index contributed by atoms with van der Waals surface area (Å²) >= 11 is 3.10. The Morgan fingerprint density at radius 3 is 2.24 bits per heavy atom. The van der Waals surface area contributed by atoms with Crippen molar-refractivity contribution in [1.82, 2.24) is 5.32 Å². The Morgan fingerprint density at radius 1 is 1.24 bits per heavy atom. The predicted molar refractivity (Wildman–Crippen MR) is 67.8 cm³/mol. The summed E-state index contributed by atoms with van der Waals surface area (Å²) in [7, 11) is 1.77. The van der Waals surface area contributed by atoms with Crippen LogP contribution in [-0.2, 0) is 0 Å². The first kappa shape index (κ1) is 13.0. The van der Waals surface area contributed by atoms with Crippen LogP contribution in [0.4, 0.5) is 8.78 Å². The molecule has 0 bridgehead atoms. The molecule has 0 radical (unpaired) electrons. The van der Waals surface area contributed by atoms with Crippen molar-refractivity contribution >= 4 is 15.9 Å². The van der Waals surface area contributed by atoms with E-state index in [0.29, 0.717) is 10.4 Å². The average molecular weight is 304 g/mol. The maximum absolute atomic E-state index is 13.9. The first-order valence-corrected chi connectivity index (χ1v) is 6.74. The lowest BCUT2D eigenvalue weighted by Crippen LogP contribution is -2.25. The van der Waals surface area contributed by atoms with E-state index in [1.54, 1.807) is 7.05 Å². The van der Waals surface area contributed by atoms with Gasteiger partial charge in [-0.05, 0) is 37.9 Å². The SMILES string of the molecule is CNC(c1c(F)cc(Br)cc1F)C1CCCC1. The molecule has 0 amide bonds. The van der Waals surface area contributed by atoms with E-state index >= 15 is 0 Å². The summed E-state index contributed by atoms with van der Waals surface area (Å²) in [6.07, 6.45) is 4.39. The van der Waals surface area contributed by atoms with Crippen molar-refractivity contribution in [3.05, 3.63) is 33.8 Å². The summed E-state index contributed by atoms with van der Waals surface area (Å²) in [5.74, 6) is -0.601. The first-order chi connectivity index (χ1) is 8.13. The Morgan fingerprint density at radius 2 is 1.76 bits per heavy atom. The topological polar surface area (TPSA) is 12.0 Å². The molecule has 94 valence electrons. The van der Waals surface area contributed by atoms with Crippen molar-refractivity contribution in [3.8, 4) is 0 Å². The van der Waals surface area contributed by atoms with Crippen LogP contribution in [0.5, 0.6) is 0 Å². The van der Waals surface area contributed by atoms with Crippen LogP contribution in [0.2, 0.25) is 0 Å². The second kappa shape index (κ2) is 5.44. The van der Waals surface area contributed by atoms with Gasteiger partial charge in [0.05, 0.1) is 0 Å². The van der Waals surface area contributed by atoms with Gasteiger partial charge in [0.25, 0.3) is 0 Å². The van der Waals surface area contributed by atoms with Crippen LogP contribution in [0.3, 0.4) is 0 Å². The predicted octanol–water partition coefficient (Wildman–Crippen LogP) is 4.18. The summed E-state index contributed by atoms with van der Waals surface area (Å²) in [6.45, 7) is 0. The fourth-order valence-electron chi connectivity index (χ4n) is 2.76. The largest absolute Gasteiger partial charge is 0.313 e. The lowest BCUT2D eigenvalue weighted by atomic mass is 9.91. The molecule has 17 heavy (non-hydrogen) atoms. The van der Waals surface area contributed by atoms with E-state index < -0.39 is 11.6 Å². The van der Waals surface area contributed by atoms with Gasteiger partial charge in [-0.25, -0.2) is 8.78 Å². The number of halogens is 3. The molecule has 1 nitrogen and oxygen atoms in total. The summed E-state index contributed by atoms with van der Waals surface area (Å²) in [5.41, 5.74) is 0.183. The molecule has 4 heteroatoms. The minimum atomic E-state index is -0.469. The second-order valence-corrected chi connectivity index (χ2v) is 5.51. The van der Waals surface area contributed by atoms with Gasteiger partial charge in [0.15, 0.2) is 0 Å². The number of hydrogen-bond donors (Lipinski definition) is 1. The first-order valence-electron chi connectivity index (χ1n) is 5.95. The van der Waals surface area contributed by atoms with Crippen molar-refractivity contribution in [1.29, 1.82) is 0 Å². The highest BCUT2D eigenvalue weighted by Gasteiger charge is 2.29. The minimum absolute atomic E-state index is 0.183. The van der Waals surface area contributed by atoms with Gasteiger partial charge in [-0.3, -0.25) is 0 Å². The molecule has 1 aromatic rings. The van der Waals surface area contributed by atoms with Gasteiger partial charge < -0.3 is 5.32 Å². The summed E-state index contributed by atoms with van der Waals surface area (Å²) in [5, 5.41) is 3.07. The van der Waals surface area contributed by atoms with Crippen molar-refractivity contribution in [2.75, 3.05) is 7.05 Å². The van der Waals surface area contributed by atoms with E-state index in [-0.39, 0.29) is 11.6 Å². The number of rotatable bonds is 3. The van der Waals surface area contributed by atoms with Crippen LogP contribution in [0, 0.1) is 17.6 Å². The highest BCUT2D eigenvalue weighted by atomic mass is 79.9. The molecule has 0 aromatic heterocycles. The van der Waals surface area contributed by atoms with Crippen LogP contribution in [0.25, 0.3) is 0 Å². The molecule has 1 fully saturated rings. The molecule has 1 N–H and O–H groups in total. The van der Waals surface area contributed by atoms with Gasteiger partial charge in [0, 0.05) is 16.1 Å². The number of hydrogen-bond acceptors (Lipinski definition) is 1. The molecule has 1 saturated carbocycles. The standard InChI is InChI=1S/C13H16BrF2N/c1-17-13(8-4-2-3-5-8)12-10(15)6-9(14)7-11(12)16/h6-8,13,17H,2-5H2,1H3. The Kier molecular flexibility index (Phi) is 4.15.